The lowest BCUT2D eigenvalue weighted by Crippen LogP contribution is -1.96. The summed E-state index contributed by atoms with van der Waals surface area (Å²) in [5.41, 5.74) is 1.61. The van der Waals surface area contributed by atoms with Gasteiger partial charge in [-0.05, 0) is 18.6 Å². The van der Waals surface area contributed by atoms with Gasteiger partial charge in [-0.25, -0.2) is 0 Å². The molecule has 3 heteroatoms. The largest absolute Gasteiger partial charge is 0.271 e. The summed E-state index contributed by atoms with van der Waals surface area (Å²) < 4.78 is 1.93. The van der Waals surface area contributed by atoms with E-state index < -0.39 is 0 Å². The van der Waals surface area contributed by atoms with E-state index in [1.807, 2.05) is 29.1 Å². The molecule has 0 atom stereocenters. The molecule has 0 aliphatic heterocycles. The molecule has 0 bridgehead atoms. The topological polar surface area (TPSA) is 41.6 Å². The highest BCUT2D eigenvalue weighted by molar-refractivity contribution is 5.84. The predicted molar refractivity (Wildman–Crippen MR) is 59.4 cm³/mol. The number of hydrogen-bond donors (Lipinski definition) is 0. The summed E-state index contributed by atoms with van der Waals surface area (Å²) >= 11 is 0. The lowest BCUT2D eigenvalue weighted by atomic mass is 10.1. The Morgan fingerprint density at radius 2 is 2.33 bits per heavy atom. The Hall–Kier alpha value is -1.82. The van der Waals surface area contributed by atoms with Gasteiger partial charge in [0.15, 0.2) is 0 Å². The number of unbranched alkanes of at least 4 members (excludes halogenated alkanes) is 1. The molecule has 0 fully saturated rings. The molecule has 1 aromatic carbocycles. The number of fused-ring (bicyclic) bond motifs is 1. The van der Waals surface area contributed by atoms with Crippen LogP contribution in [0.5, 0.6) is 0 Å². The third kappa shape index (κ3) is 1.84. The average molecular weight is 199 g/mol. The number of aromatic nitrogens is 2. The number of rotatable bonds is 3. The lowest BCUT2D eigenvalue weighted by Gasteiger charge is -1.96. The van der Waals surface area contributed by atoms with E-state index in [-0.39, 0.29) is 0 Å². The van der Waals surface area contributed by atoms with Gasteiger partial charge >= 0.3 is 0 Å². The van der Waals surface area contributed by atoms with E-state index >= 15 is 0 Å². The number of aryl methyl sites for hydroxylation is 1. The van der Waals surface area contributed by atoms with Crippen LogP contribution in [0.4, 0.5) is 0 Å². The molecular formula is C12H13N3. The fraction of sp³-hybridized carbons (Fsp3) is 0.333. The van der Waals surface area contributed by atoms with Gasteiger partial charge in [-0.15, -0.1) is 0 Å². The first-order valence-corrected chi connectivity index (χ1v) is 5.21. The SMILES string of the molecule is CCCCn1cc2c(C#N)cccc2n1. The van der Waals surface area contributed by atoms with Gasteiger partial charge in [-0.3, -0.25) is 4.68 Å². The highest BCUT2D eigenvalue weighted by Gasteiger charge is 2.04. The maximum Gasteiger partial charge on any atom is 0.0999 e. The third-order valence-electron chi connectivity index (χ3n) is 2.46. The average Bonchev–Trinajstić information content (AvgIpc) is 2.68. The van der Waals surface area contributed by atoms with E-state index in [0.717, 1.165) is 30.3 Å². The van der Waals surface area contributed by atoms with E-state index in [9.17, 15) is 0 Å². The van der Waals surface area contributed by atoms with Gasteiger partial charge in [-0.1, -0.05) is 19.4 Å². The highest BCUT2D eigenvalue weighted by Crippen LogP contribution is 2.16. The Morgan fingerprint density at radius 3 is 3.07 bits per heavy atom. The minimum absolute atomic E-state index is 0.704. The van der Waals surface area contributed by atoms with Gasteiger partial charge in [0.2, 0.25) is 0 Å². The molecule has 1 heterocycles. The van der Waals surface area contributed by atoms with Crippen molar-refractivity contribution in [3.8, 4) is 6.07 Å². The van der Waals surface area contributed by atoms with Crippen LogP contribution in [0, 0.1) is 11.3 Å². The molecule has 0 saturated heterocycles. The molecule has 0 aliphatic carbocycles. The van der Waals surface area contributed by atoms with Crippen molar-refractivity contribution in [2.75, 3.05) is 0 Å². The van der Waals surface area contributed by atoms with Crippen molar-refractivity contribution in [3.05, 3.63) is 30.0 Å². The molecule has 0 spiro atoms. The van der Waals surface area contributed by atoms with Crippen molar-refractivity contribution in [2.45, 2.75) is 26.3 Å². The molecule has 0 amide bonds. The Bertz CT molecular complexity index is 505. The summed E-state index contributed by atoms with van der Waals surface area (Å²) in [7, 11) is 0. The molecular weight excluding hydrogens is 186 g/mol. The first-order valence-electron chi connectivity index (χ1n) is 5.21. The van der Waals surface area contributed by atoms with Gasteiger partial charge in [0.05, 0.1) is 17.1 Å². The number of benzene rings is 1. The number of nitrogens with zero attached hydrogens (tertiary/aromatic N) is 3. The van der Waals surface area contributed by atoms with Crippen LogP contribution in [0.15, 0.2) is 24.4 Å². The second-order valence-electron chi connectivity index (χ2n) is 3.60. The van der Waals surface area contributed by atoms with Crippen LogP contribution in [0.25, 0.3) is 10.9 Å². The predicted octanol–water partition coefficient (Wildman–Crippen LogP) is 2.71. The van der Waals surface area contributed by atoms with Crippen molar-refractivity contribution in [3.63, 3.8) is 0 Å². The quantitative estimate of drug-likeness (QED) is 0.762. The third-order valence-corrected chi connectivity index (χ3v) is 2.46. The smallest absolute Gasteiger partial charge is 0.0999 e. The van der Waals surface area contributed by atoms with Crippen molar-refractivity contribution < 1.29 is 0 Å². The molecule has 3 nitrogen and oxygen atoms in total. The lowest BCUT2D eigenvalue weighted by molar-refractivity contribution is 0.576. The summed E-state index contributed by atoms with van der Waals surface area (Å²) in [4.78, 5) is 0. The minimum atomic E-state index is 0.704. The molecule has 2 aromatic rings. The van der Waals surface area contributed by atoms with Crippen LogP contribution in [-0.4, -0.2) is 9.78 Å². The fourth-order valence-electron chi connectivity index (χ4n) is 1.62. The summed E-state index contributed by atoms with van der Waals surface area (Å²) in [5, 5.41) is 14.3. The second kappa shape index (κ2) is 4.14. The van der Waals surface area contributed by atoms with Crippen LogP contribution in [0.3, 0.4) is 0 Å². The molecule has 15 heavy (non-hydrogen) atoms. The summed E-state index contributed by atoms with van der Waals surface area (Å²) in [5.74, 6) is 0. The Morgan fingerprint density at radius 1 is 1.47 bits per heavy atom. The standard InChI is InChI=1S/C12H13N3/c1-2-3-7-15-9-11-10(8-13)5-4-6-12(11)14-15/h4-6,9H,2-3,7H2,1H3. The van der Waals surface area contributed by atoms with Crippen molar-refractivity contribution in [1.82, 2.24) is 9.78 Å². The first-order chi connectivity index (χ1) is 7.35. The molecule has 0 N–H and O–H groups in total. The maximum atomic E-state index is 8.93. The Labute approximate surface area is 88.9 Å². The van der Waals surface area contributed by atoms with Crippen LogP contribution in [0.2, 0.25) is 0 Å². The molecule has 0 radical (unpaired) electrons. The van der Waals surface area contributed by atoms with E-state index in [4.69, 9.17) is 5.26 Å². The zero-order valence-corrected chi connectivity index (χ0v) is 8.77. The van der Waals surface area contributed by atoms with E-state index in [1.165, 1.54) is 0 Å². The van der Waals surface area contributed by atoms with E-state index in [0.29, 0.717) is 5.56 Å². The van der Waals surface area contributed by atoms with Gasteiger partial charge in [-0.2, -0.15) is 10.4 Å². The van der Waals surface area contributed by atoms with Crippen LogP contribution < -0.4 is 0 Å². The number of nitriles is 1. The molecule has 2 rings (SSSR count). The molecule has 0 unspecified atom stereocenters. The molecule has 1 aromatic heterocycles. The zero-order chi connectivity index (χ0) is 10.7. The summed E-state index contributed by atoms with van der Waals surface area (Å²) in [6.45, 7) is 3.08. The molecule has 0 saturated carbocycles. The Balaban J connectivity index is 2.42. The van der Waals surface area contributed by atoms with E-state index in [2.05, 4.69) is 18.1 Å². The number of hydrogen-bond acceptors (Lipinski definition) is 2. The van der Waals surface area contributed by atoms with Gasteiger partial charge in [0.25, 0.3) is 0 Å². The van der Waals surface area contributed by atoms with Gasteiger partial charge < -0.3 is 0 Å². The zero-order valence-electron chi connectivity index (χ0n) is 8.77. The Kier molecular flexibility index (Phi) is 2.68. The van der Waals surface area contributed by atoms with E-state index in [1.54, 1.807) is 0 Å². The van der Waals surface area contributed by atoms with Gasteiger partial charge in [0.1, 0.15) is 0 Å². The first kappa shape index (κ1) is 9.72. The van der Waals surface area contributed by atoms with Crippen molar-refractivity contribution in [1.29, 1.82) is 5.26 Å². The van der Waals surface area contributed by atoms with Crippen molar-refractivity contribution >= 4 is 10.9 Å². The monoisotopic (exact) mass is 199 g/mol. The summed E-state index contributed by atoms with van der Waals surface area (Å²) in [6, 6.07) is 7.83. The van der Waals surface area contributed by atoms with Crippen LogP contribution in [0.1, 0.15) is 25.3 Å². The van der Waals surface area contributed by atoms with Gasteiger partial charge in [0, 0.05) is 18.1 Å². The van der Waals surface area contributed by atoms with Crippen LogP contribution >= 0.6 is 0 Å². The fourth-order valence-corrected chi connectivity index (χ4v) is 1.62. The summed E-state index contributed by atoms with van der Waals surface area (Å²) in [6.07, 6.45) is 4.24. The van der Waals surface area contributed by atoms with Crippen LogP contribution in [-0.2, 0) is 6.54 Å². The maximum absolute atomic E-state index is 8.93. The highest BCUT2D eigenvalue weighted by atomic mass is 15.3. The second-order valence-corrected chi connectivity index (χ2v) is 3.60. The van der Waals surface area contributed by atoms with Crippen molar-refractivity contribution in [2.24, 2.45) is 0 Å². The molecule has 76 valence electrons. The molecule has 0 aliphatic rings. The minimum Gasteiger partial charge on any atom is -0.271 e. The normalized spacial score (nSPS) is 10.4.